The molecule has 0 heterocycles. The average Bonchev–Trinajstić information content (AvgIpc) is 2.59. The molecule has 0 saturated heterocycles. The van der Waals surface area contributed by atoms with Crippen LogP contribution in [0.1, 0.15) is 24.8 Å². The third kappa shape index (κ3) is 3.46. The van der Waals surface area contributed by atoms with E-state index in [1.165, 1.54) is 5.56 Å². The standard InChI is InChI=1S/C19H23NO3/c21-18(20-12-4-7-13-5-2-1-3-6-13)16-14-8-10-15(11-9-14)17(16)19(22)23/h1-3,5-6,8,10,14-17H,4,7,9,11-12H2,(H,20,21)(H,22,23)/t14-,15+,16-,17-/m0/s1. The van der Waals surface area contributed by atoms with E-state index >= 15 is 0 Å². The van der Waals surface area contributed by atoms with E-state index in [9.17, 15) is 14.7 Å². The predicted molar refractivity (Wildman–Crippen MR) is 87.7 cm³/mol. The number of hydrogen-bond donors (Lipinski definition) is 2. The van der Waals surface area contributed by atoms with E-state index in [4.69, 9.17) is 0 Å². The zero-order chi connectivity index (χ0) is 16.2. The maximum atomic E-state index is 12.5. The number of benzene rings is 1. The number of rotatable bonds is 6. The Morgan fingerprint density at radius 3 is 2.30 bits per heavy atom. The van der Waals surface area contributed by atoms with Crippen molar-refractivity contribution in [1.82, 2.24) is 5.32 Å². The largest absolute Gasteiger partial charge is 0.481 e. The Labute approximate surface area is 136 Å². The molecule has 3 aliphatic carbocycles. The van der Waals surface area contributed by atoms with E-state index in [1.807, 2.05) is 30.4 Å². The monoisotopic (exact) mass is 313 g/mol. The van der Waals surface area contributed by atoms with Gasteiger partial charge in [-0.3, -0.25) is 9.59 Å². The van der Waals surface area contributed by atoms with Gasteiger partial charge in [0, 0.05) is 6.54 Å². The minimum absolute atomic E-state index is 0.0116. The van der Waals surface area contributed by atoms with Crippen LogP contribution in [0.5, 0.6) is 0 Å². The Balaban J connectivity index is 1.53. The molecule has 4 atom stereocenters. The van der Waals surface area contributed by atoms with Crippen molar-refractivity contribution < 1.29 is 14.7 Å². The molecular weight excluding hydrogens is 290 g/mol. The number of carboxylic acids is 1. The fourth-order valence-electron chi connectivity index (χ4n) is 3.95. The fourth-order valence-corrected chi connectivity index (χ4v) is 3.95. The lowest BCUT2D eigenvalue weighted by atomic mass is 9.62. The molecule has 0 aliphatic heterocycles. The van der Waals surface area contributed by atoms with Gasteiger partial charge in [-0.25, -0.2) is 0 Å². The van der Waals surface area contributed by atoms with Crippen LogP contribution in [0, 0.1) is 23.7 Å². The molecule has 0 aromatic heterocycles. The molecule has 1 aromatic rings. The van der Waals surface area contributed by atoms with Gasteiger partial charge in [0.2, 0.25) is 5.91 Å². The van der Waals surface area contributed by atoms with Gasteiger partial charge in [-0.2, -0.15) is 0 Å². The summed E-state index contributed by atoms with van der Waals surface area (Å²) in [5.41, 5.74) is 1.25. The van der Waals surface area contributed by atoms with E-state index < -0.39 is 17.8 Å². The third-order valence-corrected chi connectivity index (χ3v) is 5.12. The van der Waals surface area contributed by atoms with Crippen LogP contribution in [-0.4, -0.2) is 23.5 Å². The first-order chi connectivity index (χ1) is 11.2. The number of carboxylic acid groups (broad SMARTS) is 1. The lowest BCUT2D eigenvalue weighted by Gasteiger charge is -2.41. The smallest absolute Gasteiger partial charge is 0.307 e. The molecule has 2 N–H and O–H groups in total. The Kier molecular flexibility index (Phi) is 4.79. The first-order valence-electron chi connectivity index (χ1n) is 8.39. The summed E-state index contributed by atoms with van der Waals surface area (Å²) >= 11 is 0. The molecule has 4 rings (SSSR count). The van der Waals surface area contributed by atoms with Crippen molar-refractivity contribution in [3.05, 3.63) is 48.0 Å². The molecule has 122 valence electrons. The summed E-state index contributed by atoms with van der Waals surface area (Å²) in [5, 5.41) is 12.4. The van der Waals surface area contributed by atoms with E-state index in [0.29, 0.717) is 6.54 Å². The number of aliphatic carboxylic acids is 1. The summed E-state index contributed by atoms with van der Waals surface area (Å²) in [7, 11) is 0. The number of amides is 1. The van der Waals surface area contributed by atoms with Gasteiger partial charge in [-0.05, 0) is 43.1 Å². The molecule has 23 heavy (non-hydrogen) atoms. The highest BCUT2D eigenvalue weighted by molar-refractivity contribution is 5.86. The number of carbonyl (C=O) groups excluding carboxylic acids is 1. The molecule has 4 nitrogen and oxygen atoms in total. The van der Waals surface area contributed by atoms with Crippen molar-refractivity contribution >= 4 is 11.9 Å². The molecule has 1 fully saturated rings. The van der Waals surface area contributed by atoms with Crippen LogP contribution < -0.4 is 5.32 Å². The summed E-state index contributed by atoms with van der Waals surface area (Å²) < 4.78 is 0. The summed E-state index contributed by atoms with van der Waals surface area (Å²) in [6, 6.07) is 10.2. The summed E-state index contributed by atoms with van der Waals surface area (Å²) in [6.07, 6.45) is 7.63. The van der Waals surface area contributed by atoms with Gasteiger partial charge < -0.3 is 10.4 Å². The fraction of sp³-hybridized carbons (Fsp3) is 0.474. The number of allylic oxidation sites excluding steroid dienone is 2. The van der Waals surface area contributed by atoms with Crippen LogP contribution in [0.3, 0.4) is 0 Å². The molecule has 3 aliphatic rings. The molecule has 0 spiro atoms. The normalized spacial score (nSPS) is 28.5. The number of hydrogen-bond acceptors (Lipinski definition) is 2. The number of carbonyl (C=O) groups is 2. The Morgan fingerprint density at radius 1 is 1.04 bits per heavy atom. The highest BCUT2D eigenvalue weighted by Crippen LogP contribution is 2.45. The van der Waals surface area contributed by atoms with Crippen LogP contribution >= 0.6 is 0 Å². The third-order valence-electron chi connectivity index (χ3n) is 5.12. The molecule has 4 heteroatoms. The highest BCUT2D eigenvalue weighted by atomic mass is 16.4. The lowest BCUT2D eigenvalue weighted by Crippen LogP contribution is -2.49. The first kappa shape index (κ1) is 15.8. The summed E-state index contributed by atoms with van der Waals surface area (Å²) in [4.78, 5) is 24.1. The zero-order valence-corrected chi connectivity index (χ0v) is 13.2. The average molecular weight is 313 g/mol. The zero-order valence-electron chi connectivity index (χ0n) is 13.2. The highest BCUT2D eigenvalue weighted by Gasteiger charge is 2.47. The first-order valence-corrected chi connectivity index (χ1v) is 8.39. The maximum Gasteiger partial charge on any atom is 0.307 e. The Hall–Kier alpha value is -2.10. The van der Waals surface area contributed by atoms with Gasteiger partial charge in [0.25, 0.3) is 0 Å². The number of aryl methyl sites for hydroxylation is 1. The molecule has 1 saturated carbocycles. The van der Waals surface area contributed by atoms with Crippen molar-refractivity contribution in [1.29, 1.82) is 0 Å². The second-order valence-corrected chi connectivity index (χ2v) is 6.56. The topological polar surface area (TPSA) is 66.4 Å². The van der Waals surface area contributed by atoms with Crippen molar-refractivity contribution in [2.24, 2.45) is 23.7 Å². The molecule has 1 amide bonds. The minimum Gasteiger partial charge on any atom is -0.481 e. The molecule has 0 radical (unpaired) electrons. The number of nitrogens with one attached hydrogen (secondary N) is 1. The predicted octanol–water partition coefficient (Wildman–Crippen LogP) is 2.65. The van der Waals surface area contributed by atoms with Crippen molar-refractivity contribution in [2.45, 2.75) is 25.7 Å². The lowest BCUT2D eigenvalue weighted by molar-refractivity contribution is -0.152. The molecule has 1 aromatic carbocycles. The van der Waals surface area contributed by atoms with E-state index in [2.05, 4.69) is 17.4 Å². The van der Waals surface area contributed by atoms with E-state index in [-0.39, 0.29) is 17.7 Å². The van der Waals surface area contributed by atoms with Gasteiger partial charge in [0.1, 0.15) is 0 Å². The van der Waals surface area contributed by atoms with Gasteiger partial charge >= 0.3 is 5.97 Å². The molecule has 2 bridgehead atoms. The summed E-state index contributed by atoms with van der Waals surface area (Å²) in [5.74, 6) is -1.81. The Morgan fingerprint density at radius 2 is 1.70 bits per heavy atom. The van der Waals surface area contributed by atoms with Crippen molar-refractivity contribution in [2.75, 3.05) is 6.54 Å². The summed E-state index contributed by atoms with van der Waals surface area (Å²) in [6.45, 7) is 0.595. The maximum absolute atomic E-state index is 12.5. The quantitative estimate of drug-likeness (QED) is 0.627. The Bertz CT molecular complexity index is 596. The SMILES string of the molecule is O=C(O)[C@@H]1[C@@H](C(=O)NCCCc2ccccc2)[C@H]2C=C[C@@H]1CC2. The van der Waals surface area contributed by atoms with Crippen LogP contribution in [0.4, 0.5) is 0 Å². The van der Waals surface area contributed by atoms with Gasteiger partial charge in [0.05, 0.1) is 11.8 Å². The number of fused-ring (bicyclic) bond motifs is 2. The van der Waals surface area contributed by atoms with Crippen LogP contribution in [-0.2, 0) is 16.0 Å². The molecular formula is C19H23NO3. The van der Waals surface area contributed by atoms with Crippen LogP contribution in [0.2, 0.25) is 0 Å². The van der Waals surface area contributed by atoms with Crippen molar-refractivity contribution in [3.63, 3.8) is 0 Å². The van der Waals surface area contributed by atoms with E-state index in [0.717, 1.165) is 25.7 Å². The second-order valence-electron chi connectivity index (χ2n) is 6.56. The van der Waals surface area contributed by atoms with Gasteiger partial charge in [-0.1, -0.05) is 42.5 Å². The van der Waals surface area contributed by atoms with Crippen LogP contribution in [0.15, 0.2) is 42.5 Å². The second kappa shape index (κ2) is 6.99. The minimum atomic E-state index is -0.839. The van der Waals surface area contributed by atoms with Gasteiger partial charge in [0.15, 0.2) is 0 Å². The van der Waals surface area contributed by atoms with E-state index in [1.54, 1.807) is 0 Å². The van der Waals surface area contributed by atoms with Crippen molar-refractivity contribution in [3.8, 4) is 0 Å². The van der Waals surface area contributed by atoms with Crippen LogP contribution in [0.25, 0.3) is 0 Å². The van der Waals surface area contributed by atoms with Gasteiger partial charge in [-0.15, -0.1) is 0 Å². The molecule has 0 unspecified atom stereocenters.